The van der Waals surface area contributed by atoms with Crippen molar-refractivity contribution in [2.45, 2.75) is 32.3 Å². The molecule has 1 N–H and O–H groups in total. The van der Waals surface area contributed by atoms with Crippen molar-refractivity contribution in [1.82, 2.24) is 0 Å². The fraction of sp³-hybridized carbons (Fsp3) is 0.294. The first kappa shape index (κ1) is 14.7. The Kier molecular flexibility index (Phi) is 4.85. The van der Waals surface area contributed by atoms with Gasteiger partial charge in [-0.05, 0) is 36.1 Å². The van der Waals surface area contributed by atoms with E-state index in [-0.39, 0.29) is 12.0 Å². The number of halogens is 2. The van der Waals surface area contributed by atoms with Gasteiger partial charge in [0.1, 0.15) is 11.6 Å². The summed E-state index contributed by atoms with van der Waals surface area (Å²) in [7, 11) is 0. The van der Waals surface area contributed by atoms with Gasteiger partial charge >= 0.3 is 0 Å². The Morgan fingerprint density at radius 1 is 0.900 bits per heavy atom. The number of benzene rings is 2. The average Bonchev–Trinajstić information content (AvgIpc) is 2.44. The molecule has 0 aliphatic rings. The minimum atomic E-state index is -0.797. The Morgan fingerprint density at radius 2 is 1.45 bits per heavy atom. The summed E-state index contributed by atoms with van der Waals surface area (Å²) in [6, 6.07) is 11.6. The van der Waals surface area contributed by atoms with Crippen LogP contribution >= 0.6 is 0 Å². The molecule has 1 nitrogen and oxygen atoms in total. The molecule has 0 bridgehead atoms. The molecule has 0 amide bonds. The van der Waals surface area contributed by atoms with Gasteiger partial charge in [0.2, 0.25) is 0 Å². The summed E-state index contributed by atoms with van der Waals surface area (Å²) in [5, 5.41) is 10.00. The lowest BCUT2D eigenvalue weighted by molar-refractivity contribution is 0.172. The van der Waals surface area contributed by atoms with Crippen LogP contribution in [0.5, 0.6) is 0 Å². The number of hydrogen-bond acceptors (Lipinski definition) is 1. The Morgan fingerprint density at radius 3 is 2.00 bits per heavy atom. The van der Waals surface area contributed by atoms with Crippen molar-refractivity contribution in [2.24, 2.45) is 0 Å². The van der Waals surface area contributed by atoms with Gasteiger partial charge < -0.3 is 5.11 Å². The van der Waals surface area contributed by atoms with Crippen LogP contribution in [0.15, 0.2) is 42.5 Å². The highest BCUT2D eigenvalue weighted by molar-refractivity contribution is 5.24. The fourth-order valence-corrected chi connectivity index (χ4v) is 2.22. The minimum Gasteiger partial charge on any atom is -0.392 e. The van der Waals surface area contributed by atoms with Gasteiger partial charge in [0, 0.05) is 12.0 Å². The highest BCUT2D eigenvalue weighted by Crippen LogP contribution is 2.16. The standard InChI is InChI=1S/C17H18F2O/c1-2-12-6-8-13(9-7-12)10-14(20)11-15-16(18)4-3-5-17(15)19/h3-9,14,20H,2,10-11H2,1H3. The normalized spacial score (nSPS) is 12.4. The molecular formula is C17H18F2O. The molecule has 106 valence electrons. The van der Waals surface area contributed by atoms with Crippen LogP contribution in [0.2, 0.25) is 0 Å². The van der Waals surface area contributed by atoms with E-state index in [4.69, 9.17) is 0 Å². The maximum absolute atomic E-state index is 13.5. The van der Waals surface area contributed by atoms with Crippen LogP contribution < -0.4 is 0 Å². The zero-order valence-corrected chi connectivity index (χ0v) is 11.4. The molecule has 0 aromatic heterocycles. The monoisotopic (exact) mass is 276 g/mol. The predicted molar refractivity (Wildman–Crippen MR) is 75.6 cm³/mol. The second-order valence-corrected chi connectivity index (χ2v) is 4.93. The van der Waals surface area contributed by atoms with Gasteiger partial charge in [0.15, 0.2) is 0 Å². The van der Waals surface area contributed by atoms with E-state index in [1.54, 1.807) is 0 Å². The largest absolute Gasteiger partial charge is 0.392 e. The van der Waals surface area contributed by atoms with Crippen molar-refractivity contribution >= 4 is 0 Å². The van der Waals surface area contributed by atoms with Gasteiger partial charge in [-0.1, -0.05) is 37.3 Å². The first-order chi connectivity index (χ1) is 9.60. The molecule has 0 aliphatic heterocycles. The molecule has 0 aliphatic carbocycles. The molecule has 0 spiro atoms. The van der Waals surface area contributed by atoms with Crippen LogP contribution in [0, 0.1) is 11.6 Å². The molecule has 0 fully saturated rings. The average molecular weight is 276 g/mol. The van der Waals surface area contributed by atoms with Crippen molar-refractivity contribution in [1.29, 1.82) is 0 Å². The highest BCUT2D eigenvalue weighted by atomic mass is 19.1. The molecule has 2 rings (SSSR count). The molecule has 2 aromatic rings. The van der Waals surface area contributed by atoms with Crippen molar-refractivity contribution in [2.75, 3.05) is 0 Å². The van der Waals surface area contributed by atoms with E-state index in [9.17, 15) is 13.9 Å². The Hall–Kier alpha value is -1.74. The summed E-state index contributed by atoms with van der Waals surface area (Å²) in [6.07, 6.45) is 0.531. The zero-order chi connectivity index (χ0) is 14.5. The summed E-state index contributed by atoms with van der Waals surface area (Å²) in [6.45, 7) is 2.07. The van der Waals surface area contributed by atoms with Gasteiger partial charge in [-0.25, -0.2) is 8.78 Å². The molecule has 2 aromatic carbocycles. The summed E-state index contributed by atoms with van der Waals surface area (Å²) < 4.78 is 27.0. The second-order valence-electron chi connectivity index (χ2n) is 4.93. The van der Waals surface area contributed by atoms with Gasteiger partial charge in [0.05, 0.1) is 6.10 Å². The summed E-state index contributed by atoms with van der Waals surface area (Å²) in [5.41, 5.74) is 2.14. The third kappa shape index (κ3) is 3.64. The molecule has 0 saturated carbocycles. The topological polar surface area (TPSA) is 20.2 Å². The van der Waals surface area contributed by atoms with E-state index in [1.807, 2.05) is 24.3 Å². The smallest absolute Gasteiger partial charge is 0.129 e. The molecule has 3 heteroatoms. The Balaban J connectivity index is 2.03. The molecule has 1 atom stereocenters. The number of aliphatic hydroxyl groups is 1. The lowest BCUT2D eigenvalue weighted by atomic mass is 9.99. The maximum Gasteiger partial charge on any atom is 0.129 e. The van der Waals surface area contributed by atoms with Crippen LogP contribution in [0.4, 0.5) is 8.78 Å². The molecule has 1 unspecified atom stereocenters. The van der Waals surface area contributed by atoms with Gasteiger partial charge in [0.25, 0.3) is 0 Å². The van der Waals surface area contributed by atoms with E-state index in [1.165, 1.54) is 23.8 Å². The van der Waals surface area contributed by atoms with E-state index in [0.717, 1.165) is 12.0 Å². The number of hydrogen-bond donors (Lipinski definition) is 1. The Labute approximate surface area is 117 Å². The third-order valence-electron chi connectivity index (χ3n) is 3.40. The van der Waals surface area contributed by atoms with Gasteiger partial charge in [-0.3, -0.25) is 0 Å². The van der Waals surface area contributed by atoms with Crippen molar-refractivity contribution < 1.29 is 13.9 Å². The van der Waals surface area contributed by atoms with Gasteiger partial charge in [-0.15, -0.1) is 0 Å². The molecule has 20 heavy (non-hydrogen) atoms. The Bertz CT molecular complexity index is 543. The van der Waals surface area contributed by atoms with Crippen LogP contribution in [0.1, 0.15) is 23.6 Å². The fourth-order valence-electron chi connectivity index (χ4n) is 2.22. The first-order valence-corrected chi connectivity index (χ1v) is 6.79. The van der Waals surface area contributed by atoms with E-state index >= 15 is 0 Å². The van der Waals surface area contributed by atoms with Gasteiger partial charge in [-0.2, -0.15) is 0 Å². The highest BCUT2D eigenvalue weighted by Gasteiger charge is 2.14. The van der Waals surface area contributed by atoms with Crippen molar-refractivity contribution in [3.8, 4) is 0 Å². The number of rotatable bonds is 5. The quantitative estimate of drug-likeness (QED) is 0.883. The third-order valence-corrected chi connectivity index (χ3v) is 3.40. The van der Waals surface area contributed by atoms with E-state index in [2.05, 4.69) is 6.92 Å². The molecule has 0 saturated heterocycles. The molecule has 0 heterocycles. The van der Waals surface area contributed by atoms with Crippen LogP contribution in [0.25, 0.3) is 0 Å². The maximum atomic E-state index is 13.5. The summed E-state index contributed by atoms with van der Waals surface area (Å²) in [4.78, 5) is 0. The summed E-state index contributed by atoms with van der Waals surface area (Å²) >= 11 is 0. The second kappa shape index (κ2) is 6.62. The first-order valence-electron chi connectivity index (χ1n) is 6.79. The zero-order valence-electron chi connectivity index (χ0n) is 11.4. The molecule has 0 radical (unpaired) electrons. The van der Waals surface area contributed by atoms with Crippen LogP contribution in [-0.4, -0.2) is 11.2 Å². The minimum absolute atomic E-state index is 0.0198. The van der Waals surface area contributed by atoms with E-state index < -0.39 is 17.7 Å². The number of aryl methyl sites for hydroxylation is 1. The number of aliphatic hydroxyl groups excluding tert-OH is 1. The van der Waals surface area contributed by atoms with Crippen LogP contribution in [-0.2, 0) is 19.3 Å². The lowest BCUT2D eigenvalue weighted by Gasteiger charge is -2.12. The predicted octanol–water partition coefficient (Wildman–Crippen LogP) is 3.67. The van der Waals surface area contributed by atoms with Crippen molar-refractivity contribution in [3.05, 3.63) is 70.8 Å². The lowest BCUT2D eigenvalue weighted by Crippen LogP contribution is -2.16. The van der Waals surface area contributed by atoms with Crippen LogP contribution in [0.3, 0.4) is 0 Å². The SMILES string of the molecule is CCc1ccc(CC(O)Cc2c(F)cccc2F)cc1. The molecular weight excluding hydrogens is 258 g/mol. The van der Waals surface area contributed by atoms with Crippen molar-refractivity contribution in [3.63, 3.8) is 0 Å². The van der Waals surface area contributed by atoms with E-state index in [0.29, 0.717) is 6.42 Å². The summed E-state index contributed by atoms with van der Waals surface area (Å²) in [5.74, 6) is -1.21.